The summed E-state index contributed by atoms with van der Waals surface area (Å²) in [6, 6.07) is 7.99. The maximum absolute atomic E-state index is 12.5. The SMILES string of the molecule is CCCn1c(SCC(=O)Nc2c(C)cc(C)cc2C)nnc1-c1ccncc1. The van der Waals surface area contributed by atoms with E-state index in [1.807, 2.05) is 26.0 Å². The van der Waals surface area contributed by atoms with E-state index in [0.29, 0.717) is 0 Å². The lowest BCUT2D eigenvalue weighted by atomic mass is 10.1. The molecule has 3 rings (SSSR count). The van der Waals surface area contributed by atoms with Crippen molar-refractivity contribution in [3.63, 3.8) is 0 Å². The summed E-state index contributed by atoms with van der Waals surface area (Å²) in [5, 5.41) is 12.4. The Balaban J connectivity index is 1.72. The first kappa shape index (κ1) is 20.1. The predicted molar refractivity (Wildman–Crippen MR) is 114 cm³/mol. The van der Waals surface area contributed by atoms with Gasteiger partial charge in [0.1, 0.15) is 0 Å². The number of carbonyl (C=O) groups is 1. The van der Waals surface area contributed by atoms with E-state index in [2.05, 4.69) is 51.0 Å². The number of amides is 1. The Bertz CT molecular complexity index is 945. The second-order valence-corrected chi connectivity index (χ2v) is 7.75. The highest BCUT2D eigenvalue weighted by atomic mass is 32.2. The van der Waals surface area contributed by atoms with Crippen LogP contribution in [-0.4, -0.2) is 31.4 Å². The molecule has 1 aromatic carbocycles. The first-order chi connectivity index (χ1) is 13.5. The number of anilines is 1. The minimum atomic E-state index is -0.0448. The van der Waals surface area contributed by atoms with Crippen LogP contribution in [0.3, 0.4) is 0 Å². The van der Waals surface area contributed by atoms with Crippen LogP contribution in [0, 0.1) is 20.8 Å². The van der Waals surface area contributed by atoms with Gasteiger partial charge in [-0.1, -0.05) is 36.4 Å². The van der Waals surface area contributed by atoms with Gasteiger partial charge in [0.15, 0.2) is 11.0 Å². The maximum Gasteiger partial charge on any atom is 0.234 e. The molecule has 6 nitrogen and oxygen atoms in total. The van der Waals surface area contributed by atoms with Crippen LogP contribution >= 0.6 is 11.8 Å². The first-order valence-electron chi connectivity index (χ1n) is 9.33. The number of rotatable bonds is 7. The van der Waals surface area contributed by atoms with E-state index in [1.54, 1.807) is 12.4 Å². The summed E-state index contributed by atoms with van der Waals surface area (Å²) < 4.78 is 2.07. The Labute approximate surface area is 169 Å². The fourth-order valence-corrected chi connectivity index (χ4v) is 3.98. The zero-order valence-corrected chi connectivity index (χ0v) is 17.5. The molecule has 0 unspecified atom stereocenters. The van der Waals surface area contributed by atoms with Gasteiger partial charge in [0, 0.05) is 30.2 Å². The number of nitrogens with one attached hydrogen (secondary N) is 1. The largest absolute Gasteiger partial charge is 0.325 e. The number of aryl methyl sites for hydroxylation is 3. The molecular formula is C21H25N5OS. The van der Waals surface area contributed by atoms with Crippen molar-refractivity contribution in [2.75, 3.05) is 11.1 Å². The molecule has 1 amide bonds. The third kappa shape index (κ3) is 4.59. The number of nitrogens with zero attached hydrogens (tertiary/aromatic N) is 4. The summed E-state index contributed by atoms with van der Waals surface area (Å²) in [4.78, 5) is 16.6. The van der Waals surface area contributed by atoms with Crippen LogP contribution in [0.15, 0.2) is 41.8 Å². The van der Waals surface area contributed by atoms with Gasteiger partial charge in [-0.25, -0.2) is 0 Å². The van der Waals surface area contributed by atoms with Gasteiger partial charge >= 0.3 is 0 Å². The van der Waals surface area contributed by atoms with Gasteiger partial charge in [-0.2, -0.15) is 0 Å². The number of thioether (sulfide) groups is 1. The summed E-state index contributed by atoms with van der Waals surface area (Å²) in [5.41, 5.74) is 5.20. The van der Waals surface area contributed by atoms with Gasteiger partial charge in [0.2, 0.25) is 5.91 Å². The molecular weight excluding hydrogens is 370 g/mol. The zero-order chi connectivity index (χ0) is 20.1. The average Bonchev–Trinajstić information content (AvgIpc) is 3.07. The number of benzene rings is 1. The van der Waals surface area contributed by atoms with Crippen molar-refractivity contribution in [1.82, 2.24) is 19.7 Å². The third-order valence-electron chi connectivity index (χ3n) is 4.38. The molecule has 0 spiro atoms. The van der Waals surface area contributed by atoms with Crippen molar-refractivity contribution < 1.29 is 4.79 Å². The summed E-state index contributed by atoms with van der Waals surface area (Å²) >= 11 is 1.41. The Hall–Kier alpha value is -2.67. The maximum atomic E-state index is 12.5. The van der Waals surface area contributed by atoms with E-state index in [0.717, 1.165) is 46.3 Å². The van der Waals surface area contributed by atoms with Crippen LogP contribution < -0.4 is 5.32 Å². The van der Waals surface area contributed by atoms with Crippen molar-refractivity contribution in [3.05, 3.63) is 53.3 Å². The second-order valence-electron chi connectivity index (χ2n) is 6.80. The lowest BCUT2D eigenvalue weighted by Crippen LogP contribution is -2.16. The van der Waals surface area contributed by atoms with Gasteiger partial charge in [-0.3, -0.25) is 9.78 Å². The highest BCUT2D eigenvalue weighted by Crippen LogP contribution is 2.25. The molecule has 0 saturated heterocycles. The van der Waals surface area contributed by atoms with Crippen molar-refractivity contribution in [3.8, 4) is 11.4 Å². The van der Waals surface area contributed by atoms with Crippen LogP contribution in [0.25, 0.3) is 11.4 Å². The summed E-state index contributed by atoms with van der Waals surface area (Å²) in [5.74, 6) is 1.04. The van der Waals surface area contributed by atoms with Crippen molar-refractivity contribution in [1.29, 1.82) is 0 Å². The molecule has 0 aliphatic heterocycles. The molecule has 0 aliphatic rings. The lowest BCUT2D eigenvalue weighted by molar-refractivity contribution is -0.113. The fourth-order valence-electron chi connectivity index (χ4n) is 3.22. The van der Waals surface area contributed by atoms with Gasteiger partial charge in [-0.15, -0.1) is 10.2 Å². The van der Waals surface area contributed by atoms with Crippen molar-refractivity contribution in [2.24, 2.45) is 0 Å². The smallest absolute Gasteiger partial charge is 0.234 e. The molecule has 0 radical (unpaired) electrons. The summed E-state index contributed by atoms with van der Waals surface area (Å²) in [6.45, 7) is 9.00. The Morgan fingerprint density at radius 1 is 1.11 bits per heavy atom. The highest BCUT2D eigenvalue weighted by Gasteiger charge is 2.16. The highest BCUT2D eigenvalue weighted by molar-refractivity contribution is 7.99. The third-order valence-corrected chi connectivity index (χ3v) is 5.34. The molecule has 0 atom stereocenters. The Kier molecular flexibility index (Phi) is 6.46. The zero-order valence-electron chi connectivity index (χ0n) is 16.7. The van der Waals surface area contributed by atoms with Crippen LogP contribution in [0.2, 0.25) is 0 Å². The Morgan fingerprint density at radius 2 is 1.79 bits per heavy atom. The topological polar surface area (TPSA) is 72.7 Å². The minimum absolute atomic E-state index is 0.0448. The van der Waals surface area contributed by atoms with Crippen LogP contribution in [-0.2, 0) is 11.3 Å². The van der Waals surface area contributed by atoms with Crippen LogP contribution in [0.4, 0.5) is 5.69 Å². The molecule has 28 heavy (non-hydrogen) atoms. The molecule has 2 aromatic heterocycles. The number of hydrogen-bond donors (Lipinski definition) is 1. The first-order valence-corrected chi connectivity index (χ1v) is 10.3. The molecule has 7 heteroatoms. The molecule has 2 heterocycles. The minimum Gasteiger partial charge on any atom is -0.325 e. The number of carbonyl (C=O) groups excluding carboxylic acids is 1. The normalized spacial score (nSPS) is 10.9. The van der Waals surface area contributed by atoms with E-state index in [-0.39, 0.29) is 11.7 Å². The van der Waals surface area contributed by atoms with Crippen molar-refractivity contribution in [2.45, 2.75) is 45.8 Å². The summed E-state index contributed by atoms with van der Waals surface area (Å²) in [6.07, 6.45) is 4.44. The Morgan fingerprint density at radius 3 is 2.43 bits per heavy atom. The second kappa shape index (κ2) is 9.01. The van der Waals surface area contributed by atoms with E-state index < -0.39 is 0 Å². The van der Waals surface area contributed by atoms with E-state index in [1.165, 1.54) is 17.3 Å². The van der Waals surface area contributed by atoms with E-state index >= 15 is 0 Å². The fraction of sp³-hybridized carbons (Fsp3) is 0.333. The quantitative estimate of drug-likeness (QED) is 0.600. The predicted octanol–water partition coefficient (Wildman–Crippen LogP) is 4.41. The average molecular weight is 396 g/mol. The molecule has 1 N–H and O–H groups in total. The number of hydrogen-bond acceptors (Lipinski definition) is 5. The summed E-state index contributed by atoms with van der Waals surface area (Å²) in [7, 11) is 0. The van der Waals surface area contributed by atoms with E-state index in [9.17, 15) is 4.79 Å². The number of aromatic nitrogens is 4. The molecule has 3 aromatic rings. The van der Waals surface area contributed by atoms with Crippen LogP contribution in [0.1, 0.15) is 30.0 Å². The van der Waals surface area contributed by atoms with Gasteiger partial charge in [-0.05, 0) is 50.5 Å². The molecule has 146 valence electrons. The van der Waals surface area contributed by atoms with Crippen molar-refractivity contribution >= 4 is 23.4 Å². The van der Waals surface area contributed by atoms with Gasteiger partial charge < -0.3 is 9.88 Å². The van der Waals surface area contributed by atoms with Gasteiger partial charge in [0.25, 0.3) is 0 Å². The lowest BCUT2D eigenvalue weighted by Gasteiger charge is -2.13. The van der Waals surface area contributed by atoms with Crippen LogP contribution in [0.5, 0.6) is 0 Å². The number of pyridine rings is 1. The molecule has 0 saturated carbocycles. The molecule has 0 bridgehead atoms. The standard InChI is InChI=1S/C21H25N5OS/c1-5-10-26-20(17-6-8-22-9-7-17)24-25-21(26)28-13-18(27)23-19-15(3)11-14(2)12-16(19)4/h6-9,11-12H,5,10,13H2,1-4H3,(H,23,27). The van der Waals surface area contributed by atoms with E-state index in [4.69, 9.17) is 0 Å². The monoisotopic (exact) mass is 395 g/mol. The van der Waals surface area contributed by atoms with Gasteiger partial charge in [0.05, 0.1) is 5.75 Å². The molecule has 0 fully saturated rings. The molecule has 0 aliphatic carbocycles.